The van der Waals surface area contributed by atoms with E-state index in [0.717, 1.165) is 9.80 Å². The molecule has 422 valence electrons. The van der Waals surface area contributed by atoms with Crippen LogP contribution < -0.4 is 31.9 Å². The summed E-state index contributed by atoms with van der Waals surface area (Å²) < 4.78 is 5.84. The molecule has 2 aromatic carbocycles. The van der Waals surface area contributed by atoms with E-state index in [1.165, 1.54) is 38.2 Å². The molecule has 2 heterocycles. The van der Waals surface area contributed by atoms with Crippen LogP contribution in [0.4, 0.5) is 0 Å². The molecule has 11 atom stereocenters. The summed E-state index contributed by atoms with van der Waals surface area (Å²) in [5.41, 5.74) is 1.13. The van der Waals surface area contributed by atoms with Crippen molar-refractivity contribution in [2.45, 2.75) is 173 Å². The number of benzene rings is 2. The summed E-state index contributed by atoms with van der Waals surface area (Å²) >= 11 is 0. The fourth-order valence-electron chi connectivity index (χ4n) is 9.02. The van der Waals surface area contributed by atoms with Crippen LogP contribution in [0.3, 0.4) is 0 Å². The van der Waals surface area contributed by atoms with Gasteiger partial charge in [-0.2, -0.15) is 0 Å². The Morgan fingerprint density at radius 2 is 1.43 bits per heavy atom. The number of carboxylic acids is 2. The molecule has 77 heavy (non-hydrogen) atoms. The molecule has 2 fully saturated rings. The maximum Gasteiger partial charge on any atom is 0.329 e. The standard InChI is InChI=1S/C53H74N8O16/c1-8-13-39(63)54-37(26-32-16-18-33(62)19-17-32)47(69)57-36(52(74)75)20-23-40(64)58-44-30(6)77-53(76)43(29(5)9-2)59-48(70)38(27-31-14-11-10-12-15-31)60(7)51(73)45(28(3)4)61-41(65)24-21-35(50(61)72)56-46(68)34(55-49(44)71)22-25-42(66)67/h10-12,14-19,28-30,34-38,41,43-45,62,65H,8-9,13,20-27H2,1-7H3,(H,54,63)(H,55,71)(H,56,68)(H,57,69)(H,58,64)(H,59,70)(H,66,67)(H,74,75)/t29-,30+,34-,35?,36?,37-,38-,41+,43-,44-,45-/m0/s1. The number of ether oxygens (including phenoxy) is 1. The molecule has 8 amide bonds. The Morgan fingerprint density at radius 3 is 2.03 bits per heavy atom. The van der Waals surface area contributed by atoms with Gasteiger partial charge in [0.2, 0.25) is 47.3 Å². The number of piperidine rings is 1. The first-order valence-corrected chi connectivity index (χ1v) is 25.9. The number of cyclic esters (lactones) is 1. The number of aromatic hydroxyl groups is 1. The van der Waals surface area contributed by atoms with E-state index in [4.69, 9.17) is 4.74 Å². The fraction of sp³-hybridized carbons (Fsp3) is 0.566. The first-order chi connectivity index (χ1) is 36.4. The number of nitrogens with zero attached hydrogens (tertiary/aromatic N) is 2. The number of esters is 1. The average Bonchev–Trinajstić information content (AvgIpc) is 3.37. The minimum Gasteiger partial charge on any atom is -0.508 e. The SMILES string of the molecule is CCCC(=O)N[C@@H](Cc1ccc(O)cc1)C(=O)NC(CCC(=O)N[C@@H]1C(=O)N[C@@H](CCC(=O)O)C(=O)NC2CC[C@@H](O)N(C2=O)[C@@H](C(C)C)C(=O)N(C)[C@@H](Cc2ccccc2)C(=O)N[C@@H]([C@@H](C)CC)C(=O)O[C@@H]1C)C(=O)O. The van der Waals surface area contributed by atoms with E-state index in [1.807, 2.05) is 0 Å². The van der Waals surface area contributed by atoms with Gasteiger partial charge in [-0.05, 0) is 74.1 Å². The highest BCUT2D eigenvalue weighted by molar-refractivity contribution is 5.98. The molecular weight excluding hydrogens is 1000 g/mol. The van der Waals surface area contributed by atoms with E-state index >= 15 is 0 Å². The number of hydrogen-bond donors (Lipinski definition) is 10. The smallest absolute Gasteiger partial charge is 0.329 e. The first-order valence-electron chi connectivity index (χ1n) is 25.9. The largest absolute Gasteiger partial charge is 0.508 e. The normalized spacial score (nSPS) is 24.1. The van der Waals surface area contributed by atoms with Gasteiger partial charge in [-0.1, -0.05) is 83.5 Å². The van der Waals surface area contributed by atoms with Crippen molar-refractivity contribution in [2.24, 2.45) is 11.8 Å². The zero-order valence-electron chi connectivity index (χ0n) is 44.5. The number of nitrogens with one attached hydrogen (secondary N) is 6. The average molecular weight is 1080 g/mol. The van der Waals surface area contributed by atoms with E-state index in [1.54, 1.807) is 65.0 Å². The highest BCUT2D eigenvalue weighted by atomic mass is 16.5. The Balaban J connectivity index is 1.74. The second-order valence-electron chi connectivity index (χ2n) is 19.9. The highest BCUT2D eigenvalue weighted by Gasteiger charge is 2.47. The van der Waals surface area contributed by atoms with Gasteiger partial charge < -0.3 is 66.9 Å². The molecule has 0 spiro atoms. The number of rotatable bonds is 20. The third-order valence-electron chi connectivity index (χ3n) is 13.7. The lowest BCUT2D eigenvalue weighted by atomic mass is 9.93. The summed E-state index contributed by atoms with van der Waals surface area (Å²) in [5.74, 6) is -12.6. The van der Waals surface area contributed by atoms with E-state index in [-0.39, 0.29) is 44.3 Å². The van der Waals surface area contributed by atoms with Crippen molar-refractivity contribution in [3.63, 3.8) is 0 Å². The number of likely N-dealkylation sites (N-methyl/N-ethyl adjacent to an activating group) is 1. The highest BCUT2D eigenvalue weighted by Crippen LogP contribution is 2.27. The Kier molecular flexibility index (Phi) is 23.4. The monoisotopic (exact) mass is 1080 g/mol. The summed E-state index contributed by atoms with van der Waals surface area (Å²) in [6, 6.07) is 2.15. The zero-order chi connectivity index (χ0) is 57.3. The van der Waals surface area contributed by atoms with Crippen LogP contribution in [0.2, 0.25) is 0 Å². The number of aliphatic carboxylic acids is 2. The maximum atomic E-state index is 14.7. The Labute approximate surface area is 446 Å². The zero-order valence-corrected chi connectivity index (χ0v) is 44.5. The molecule has 0 aromatic heterocycles. The molecule has 10 N–H and O–H groups in total. The number of fused-ring (bicyclic) bond motifs is 2. The van der Waals surface area contributed by atoms with Gasteiger partial charge >= 0.3 is 17.9 Å². The first kappa shape index (κ1) is 61.9. The molecule has 4 rings (SSSR count). The number of hydrogen-bond acceptors (Lipinski definition) is 14. The second kappa shape index (κ2) is 29.0. The van der Waals surface area contributed by atoms with Crippen LogP contribution >= 0.6 is 0 Å². The molecule has 2 unspecified atom stereocenters. The van der Waals surface area contributed by atoms with Crippen LogP contribution in [0.5, 0.6) is 5.75 Å². The van der Waals surface area contributed by atoms with Gasteiger partial charge in [0.1, 0.15) is 66.4 Å². The van der Waals surface area contributed by atoms with Gasteiger partial charge in [0.15, 0.2) is 0 Å². The number of carbonyl (C=O) groups is 11. The molecule has 0 saturated carbocycles. The van der Waals surface area contributed by atoms with Gasteiger partial charge in [0.05, 0.1) is 0 Å². The Hall–Kier alpha value is -7.63. The van der Waals surface area contributed by atoms with Crippen molar-refractivity contribution in [1.82, 2.24) is 41.7 Å². The summed E-state index contributed by atoms with van der Waals surface area (Å²) in [7, 11) is 1.35. The predicted molar refractivity (Wildman–Crippen MR) is 274 cm³/mol. The number of phenolic OH excluding ortho intramolecular Hbond substituents is 1. The van der Waals surface area contributed by atoms with E-state index < -0.39 is 163 Å². The maximum absolute atomic E-state index is 14.7. The third kappa shape index (κ3) is 17.7. The Bertz CT molecular complexity index is 2440. The van der Waals surface area contributed by atoms with Crippen LogP contribution in [-0.2, 0) is 70.3 Å². The van der Waals surface area contributed by atoms with Crippen molar-refractivity contribution >= 4 is 65.2 Å². The van der Waals surface area contributed by atoms with Crippen LogP contribution in [-0.4, -0.2) is 163 Å². The summed E-state index contributed by atoms with van der Waals surface area (Å²) in [6.07, 6.45) is -5.40. The van der Waals surface area contributed by atoms with Crippen molar-refractivity contribution in [3.05, 3.63) is 65.7 Å². The predicted octanol–water partition coefficient (Wildman–Crippen LogP) is 0.400. The minimum absolute atomic E-state index is 0.0544. The lowest BCUT2D eigenvalue weighted by molar-refractivity contribution is -0.167. The van der Waals surface area contributed by atoms with Gasteiger partial charge in [0, 0.05) is 39.2 Å². The third-order valence-corrected chi connectivity index (χ3v) is 13.7. The van der Waals surface area contributed by atoms with Crippen molar-refractivity contribution < 1.29 is 77.9 Å². The number of carbonyl (C=O) groups excluding carboxylic acids is 9. The van der Waals surface area contributed by atoms with E-state index in [9.17, 15) is 73.2 Å². The van der Waals surface area contributed by atoms with E-state index in [0.29, 0.717) is 17.5 Å². The quantitative estimate of drug-likeness (QED) is 0.0803. The van der Waals surface area contributed by atoms with Crippen LogP contribution in [0.1, 0.15) is 110 Å². The van der Waals surface area contributed by atoms with Gasteiger partial charge in [-0.15, -0.1) is 0 Å². The number of phenols is 1. The van der Waals surface area contributed by atoms with Gasteiger partial charge in [-0.25, -0.2) is 9.59 Å². The molecule has 2 aliphatic heterocycles. The lowest BCUT2D eigenvalue weighted by Gasteiger charge is -2.44. The van der Waals surface area contributed by atoms with Crippen LogP contribution in [0, 0.1) is 11.8 Å². The number of aliphatic hydroxyl groups excluding tert-OH is 1. The Morgan fingerprint density at radius 1 is 0.766 bits per heavy atom. The van der Waals surface area contributed by atoms with Crippen molar-refractivity contribution in [1.29, 1.82) is 0 Å². The summed E-state index contributed by atoms with van der Waals surface area (Å²) in [6.45, 7) is 9.57. The molecule has 24 nitrogen and oxygen atoms in total. The van der Waals surface area contributed by atoms with E-state index in [2.05, 4.69) is 31.9 Å². The lowest BCUT2D eigenvalue weighted by Crippen LogP contribution is -2.66. The van der Waals surface area contributed by atoms with Gasteiger partial charge in [0.25, 0.3) is 0 Å². The minimum atomic E-state index is -1.91. The molecule has 0 radical (unpaired) electrons. The van der Waals surface area contributed by atoms with Gasteiger partial charge in [-0.3, -0.25) is 43.2 Å². The fourth-order valence-corrected chi connectivity index (χ4v) is 9.02. The van der Waals surface area contributed by atoms with Crippen LogP contribution in [0.25, 0.3) is 0 Å². The second-order valence-corrected chi connectivity index (χ2v) is 19.9. The topological polar surface area (TPSA) is 357 Å². The van der Waals surface area contributed by atoms with Crippen LogP contribution in [0.15, 0.2) is 54.6 Å². The summed E-state index contributed by atoms with van der Waals surface area (Å²) in [5, 5.41) is 55.9. The molecule has 2 aliphatic rings. The molecule has 0 aliphatic carbocycles. The molecule has 2 saturated heterocycles. The molecule has 24 heteroatoms. The number of carboxylic acid groups (broad SMARTS) is 2. The molecule has 2 aromatic rings. The summed E-state index contributed by atoms with van der Waals surface area (Å²) in [4.78, 5) is 153. The van der Waals surface area contributed by atoms with Crippen molar-refractivity contribution in [2.75, 3.05) is 7.05 Å². The number of amides is 8. The molecule has 2 bridgehead atoms. The number of aliphatic hydroxyl groups is 1. The molecular formula is C53H74N8O16. The van der Waals surface area contributed by atoms with Crippen molar-refractivity contribution in [3.8, 4) is 5.75 Å².